The molecule has 4 rings (SSSR count). The molecule has 0 radical (unpaired) electrons. The van der Waals surface area contributed by atoms with E-state index in [1.54, 1.807) is 12.7 Å². The molecule has 2 aliphatic heterocycles. The second-order valence-electron chi connectivity index (χ2n) is 7.01. The third-order valence-electron chi connectivity index (χ3n) is 5.37. The molecule has 0 unspecified atom stereocenters. The number of hydrogen-bond acceptors (Lipinski definition) is 4. The third kappa shape index (κ3) is 3.44. The van der Waals surface area contributed by atoms with E-state index in [0.29, 0.717) is 0 Å². The average Bonchev–Trinajstić information content (AvgIpc) is 3.37. The van der Waals surface area contributed by atoms with Crippen molar-refractivity contribution in [3.63, 3.8) is 0 Å². The van der Waals surface area contributed by atoms with Gasteiger partial charge in [-0.05, 0) is 44.3 Å². The smallest absolute Gasteiger partial charge is 0.244 e. The first kappa shape index (κ1) is 16.3. The van der Waals surface area contributed by atoms with Gasteiger partial charge in [-0.3, -0.25) is 9.69 Å². The second kappa shape index (κ2) is 7.35. The van der Waals surface area contributed by atoms with Crippen molar-refractivity contribution in [3.05, 3.63) is 48.5 Å². The van der Waals surface area contributed by atoms with Crippen LogP contribution in [0.5, 0.6) is 0 Å². The lowest BCUT2D eigenvalue weighted by molar-refractivity contribution is -0.138. The van der Waals surface area contributed by atoms with Gasteiger partial charge < -0.3 is 4.90 Å². The minimum Gasteiger partial charge on any atom is -0.339 e. The fourth-order valence-corrected chi connectivity index (χ4v) is 4.09. The Hall–Kier alpha value is -2.21. The van der Waals surface area contributed by atoms with E-state index < -0.39 is 0 Å². The van der Waals surface area contributed by atoms with Gasteiger partial charge in [0.05, 0.1) is 6.04 Å². The second-order valence-corrected chi connectivity index (χ2v) is 7.01. The molecule has 0 bridgehead atoms. The van der Waals surface area contributed by atoms with Crippen molar-refractivity contribution in [2.24, 2.45) is 0 Å². The summed E-state index contributed by atoms with van der Waals surface area (Å²) < 4.78 is 1.90. The Labute approximate surface area is 148 Å². The molecule has 2 aromatic rings. The fraction of sp³-hybridized carbons (Fsp3) is 0.526. The van der Waals surface area contributed by atoms with Crippen LogP contribution in [-0.2, 0) is 4.79 Å². The van der Waals surface area contributed by atoms with E-state index >= 15 is 0 Å². The van der Waals surface area contributed by atoms with E-state index in [1.807, 2.05) is 27.8 Å². The van der Waals surface area contributed by atoms with Gasteiger partial charge in [-0.1, -0.05) is 30.3 Å². The zero-order chi connectivity index (χ0) is 17.1. The maximum atomic E-state index is 13.4. The quantitative estimate of drug-likeness (QED) is 0.857. The molecule has 6 heteroatoms. The Morgan fingerprint density at radius 1 is 1.08 bits per heavy atom. The van der Waals surface area contributed by atoms with Gasteiger partial charge in [0.2, 0.25) is 5.91 Å². The topological polar surface area (TPSA) is 54.3 Å². The summed E-state index contributed by atoms with van der Waals surface area (Å²) in [6.07, 6.45) is 7.74. The Kier molecular flexibility index (Phi) is 4.78. The maximum absolute atomic E-state index is 13.4. The molecule has 0 spiro atoms. The number of hydrogen-bond donors (Lipinski definition) is 0. The maximum Gasteiger partial charge on any atom is 0.244 e. The molecule has 0 saturated carbocycles. The van der Waals surface area contributed by atoms with Crippen molar-refractivity contribution in [1.29, 1.82) is 0 Å². The zero-order valence-electron chi connectivity index (χ0n) is 14.5. The molecule has 6 nitrogen and oxygen atoms in total. The first-order valence-corrected chi connectivity index (χ1v) is 9.25. The summed E-state index contributed by atoms with van der Waals surface area (Å²) in [6.45, 7) is 3.57. The summed E-state index contributed by atoms with van der Waals surface area (Å²) >= 11 is 0. The van der Waals surface area contributed by atoms with Gasteiger partial charge in [0.1, 0.15) is 18.7 Å². The molecule has 25 heavy (non-hydrogen) atoms. The number of benzene rings is 1. The lowest BCUT2D eigenvalue weighted by atomic mass is 10.0. The Balaban J connectivity index is 1.55. The number of nitrogens with zero attached hydrogens (tertiary/aromatic N) is 5. The summed E-state index contributed by atoms with van der Waals surface area (Å²) in [5.41, 5.74) is 1.11. The molecule has 0 N–H and O–H groups in total. The molecule has 2 atom stereocenters. The molecular formula is C19H25N5O. The van der Waals surface area contributed by atoms with Crippen LogP contribution in [0.25, 0.3) is 0 Å². The molecular weight excluding hydrogens is 314 g/mol. The highest BCUT2D eigenvalue weighted by atomic mass is 16.2. The summed E-state index contributed by atoms with van der Waals surface area (Å²) in [7, 11) is 0. The van der Waals surface area contributed by atoms with Gasteiger partial charge in [-0.2, -0.15) is 5.10 Å². The van der Waals surface area contributed by atoms with Crippen molar-refractivity contribution in [2.75, 3.05) is 26.2 Å². The van der Waals surface area contributed by atoms with Crippen LogP contribution in [0.2, 0.25) is 0 Å². The summed E-state index contributed by atoms with van der Waals surface area (Å²) in [5.74, 6) is 0.234. The van der Waals surface area contributed by atoms with Crippen LogP contribution in [0.3, 0.4) is 0 Å². The monoisotopic (exact) mass is 339 g/mol. The van der Waals surface area contributed by atoms with Gasteiger partial charge in [0, 0.05) is 13.1 Å². The SMILES string of the molecule is O=C([C@H](c1ccccc1)N1CCCC1)N1CCC[C@H](n2cncn2)C1. The molecule has 1 aromatic heterocycles. The highest BCUT2D eigenvalue weighted by molar-refractivity contribution is 5.83. The summed E-state index contributed by atoms with van der Waals surface area (Å²) in [4.78, 5) is 21.9. The van der Waals surface area contributed by atoms with Crippen molar-refractivity contribution in [2.45, 2.75) is 37.8 Å². The van der Waals surface area contributed by atoms with Crippen LogP contribution < -0.4 is 0 Å². The molecule has 1 aromatic carbocycles. The number of amides is 1. The first-order valence-electron chi connectivity index (χ1n) is 9.25. The molecule has 2 fully saturated rings. The summed E-state index contributed by atoms with van der Waals surface area (Å²) in [6, 6.07) is 10.3. The molecule has 132 valence electrons. The Morgan fingerprint density at radius 3 is 2.60 bits per heavy atom. The Bertz CT molecular complexity index is 681. The number of aromatic nitrogens is 3. The van der Waals surface area contributed by atoms with Gasteiger partial charge in [-0.15, -0.1) is 0 Å². The molecule has 0 aliphatic carbocycles. The molecule has 1 amide bonds. The van der Waals surface area contributed by atoms with Crippen molar-refractivity contribution in [1.82, 2.24) is 24.6 Å². The van der Waals surface area contributed by atoms with Gasteiger partial charge >= 0.3 is 0 Å². The molecule has 3 heterocycles. The van der Waals surface area contributed by atoms with Gasteiger partial charge in [0.25, 0.3) is 0 Å². The summed E-state index contributed by atoms with van der Waals surface area (Å²) in [5, 5.41) is 4.27. The number of rotatable bonds is 4. The fourth-order valence-electron chi connectivity index (χ4n) is 4.09. The number of carbonyl (C=O) groups is 1. The van der Waals surface area contributed by atoms with E-state index in [-0.39, 0.29) is 18.0 Å². The zero-order valence-corrected chi connectivity index (χ0v) is 14.5. The van der Waals surface area contributed by atoms with Crippen LogP contribution >= 0.6 is 0 Å². The van der Waals surface area contributed by atoms with E-state index in [2.05, 4.69) is 27.1 Å². The third-order valence-corrected chi connectivity index (χ3v) is 5.37. The lowest BCUT2D eigenvalue weighted by Crippen LogP contribution is -2.46. The molecule has 2 aliphatic rings. The van der Waals surface area contributed by atoms with Gasteiger partial charge in [0.15, 0.2) is 0 Å². The van der Waals surface area contributed by atoms with Gasteiger partial charge in [-0.25, -0.2) is 9.67 Å². The van der Waals surface area contributed by atoms with E-state index in [1.165, 1.54) is 12.8 Å². The predicted molar refractivity (Wildman–Crippen MR) is 94.9 cm³/mol. The van der Waals surface area contributed by atoms with Crippen molar-refractivity contribution < 1.29 is 4.79 Å². The highest BCUT2D eigenvalue weighted by Crippen LogP contribution is 2.29. The van der Waals surface area contributed by atoms with Crippen LogP contribution in [0.4, 0.5) is 0 Å². The normalized spacial score (nSPS) is 22.9. The average molecular weight is 339 g/mol. The first-order chi connectivity index (χ1) is 12.3. The standard InChI is InChI=1S/C19H25N5O/c25-19(23-12-6-9-17(13-23)24-15-20-14-21-24)18(22-10-4-5-11-22)16-7-2-1-3-8-16/h1-3,7-8,14-15,17-18H,4-6,9-13H2/t17-,18-/m0/s1. The van der Waals surface area contributed by atoms with Crippen LogP contribution in [-0.4, -0.2) is 56.7 Å². The van der Waals surface area contributed by atoms with Crippen LogP contribution in [0.1, 0.15) is 43.3 Å². The van der Waals surface area contributed by atoms with E-state index in [4.69, 9.17) is 0 Å². The van der Waals surface area contributed by atoms with Crippen LogP contribution in [0, 0.1) is 0 Å². The highest BCUT2D eigenvalue weighted by Gasteiger charge is 2.35. The number of likely N-dealkylation sites (tertiary alicyclic amines) is 2. The van der Waals surface area contributed by atoms with E-state index in [9.17, 15) is 4.79 Å². The molecule has 2 saturated heterocycles. The largest absolute Gasteiger partial charge is 0.339 e. The minimum atomic E-state index is -0.154. The lowest BCUT2D eigenvalue weighted by Gasteiger charge is -2.37. The van der Waals surface area contributed by atoms with E-state index in [0.717, 1.165) is 44.6 Å². The number of carbonyl (C=O) groups excluding carboxylic acids is 1. The van der Waals surface area contributed by atoms with Crippen LogP contribution in [0.15, 0.2) is 43.0 Å². The van der Waals surface area contributed by atoms with Crippen molar-refractivity contribution >= 4 is 5.91 Å². The number of piperidine rings is 1. The van der Waals surface area contributed by atoms with Crippen molar-refractivity contribution in [3.8, 4) is 0 Å². The Morgan fingerprint density at radius 2 is 1.88 bits per heavy atom. The predicted octanol–water partition coefficient (Wildman–Crippen LogP) is 2.28. The minimum absolute atomic E-state index is 0.154.